The molecular formula is C24H46NO. The van der Waals surface area contributed by atoms with E-state index in [1.807, 2.05) is 25.1 Å². The number of hydrogen-bond acceptors (Lipinski definition) is 2. The SMILES string of the molecule is CC(=C[CH]C(=O)CN(C)C)CCCC(C)CCCC(C)CCCC(C)C. The van der Waals surface area contributed by atoms with Crippen LogP contribution in [0.3, 0.4) is 0 Å². The molecule has 1 radical (unpaired) electrons. The fourth-order valence-corrected chi connectivity index (χ4v) is 3.39. The van der Waals surface area contributed by atoms with E-state index in [-0.39, 0.29) is 5.78 Å². The summed E-state index contributed by atoms with van der Waals surface area (Å²) in [6.45, 7) is 12.1. The van der Waals surface area contributed by atoms with Crippen LogP contribution in [0.5, 0.6) is 0 Å². The number of allylic oxidation sites excluding steroid dienone is 2. The molecule has 0 rings (SSSR count). The molecule has 0 aliphatic rings. The summed E-state index contributed by atoms with van der Waals surface area (Å²) in [6, 6.07) is 0. The third-order valence-corrected chi connectivity index (χ3v) is 5.17. The van der Waals surface area contributed by atoms with Crippen molar-refractivity contribution < 1.29 is 4.79 Å². The zero-order valence-corrected chi connectivity index (χ0v) is 18.8. The summed E-state index contributed by atoms with van der Waals surface area (Å²) < 4.78 is 0. The van der Waals surface area contributed by atoms with E-state index < -0.39 is 0 Å². The van der Waals surface area contributed by atoms with Crippen molar-refractivity contribution in [3.8, 4) is 0 Å². The smallest absolute Gasteiger partial charge is 0.154 e. The van der Waals surface area contributed by atoms with Crippen LogP contribution in [-0.4, -0.2) is 31.3 Å². The van der Waals surface area contributed by atoms with Gasteiger partial charge in [0.25, 0.3) is 0 Å². The van der Waals surface area contributed by atoms with Crippen molar-refractivity contribution in [3.05, 3.63) is 18.1 Å². The molecule has 0 N–H and O–H groups in total. The molecule has 0 fully saturated rings. The summed E-state index contributed by atoms with van der Waals surface area (Å²) in [7, 11) is 3.85. The van der Waals surface area contributed by atoms with Gasteiger partial charge in [-0.05, 0) is 51.6 Å². The first kappa shape index (κ1) is 25.4. The maximum Gasteiger partial charge on any atom is 0.154 e. The van der Waals surface area contributed by atoms with Crippen LogP contribution in [0.4, 0.5) is 0 Å². The third-order valence-electron chi connectivity index (χ3n) is 5.17. The summed E-state index contributed by atoms with van der Waals surface area (Å²) in [5.74, 6) is 2.75. The van der Waals surface area contributed by atoms with Gasteiger partial charge in [-0.1, -0.05) is 84.3 Å². The summed E-state index contributed by atoms with van der Waals surface area (Å²) in [5.41, 5.74) is 1.32. The Balaban J connectivity index is 3.72. The Morgan fingerprint density at radius 2 is 1.35 bits per heavy atom. The van der Waals surface area contributed by atoms with Crippen LogP contribution in [0.2, 0.25) is 0 Å². The molecular weight excluding hydrogens is 318 g/mol. The average molecular weight is 365 g/mol. The third kappa shape index (κ3) is 16.8. The summed E-state index contributed by atoms with van der Waals surface area (Å²) in [6.07, 6.45) is 15.7. The number of carbonyl (C=O) groups is 1. The van der Waals surface area contributed by atoms with Crippen LogP contribution in [0, 0.1) is 24.2 Å². The predicted octanol–water partition coefficient (Wildman–Crippen LogP) is 6.71. The Hall–Kier alpha value is -0.630. The molecule has 0 aromatic carbocycles. The first-order valence-corrected chi connectivity index (χ1v) is 10.9. The standard InChI is InChI=1S/C24H46NO/c1-20(2)11-8-12-21(3)13-9-14-22(4)15-10-16-23(5)17-18-24(26)19-25(6)7/h17-18,20-22H,8-16,19H2,1-7H3. The highest BCUT2D eigenvalue weighted by Crippen LogP contribution is 2.22. The van der Waals surface area contributed by atoms with Crippen molar-refractivity contribution in [2.45, 2.75) is 92.4 Å². The van der Waals surface area contributed by atoms with Gasteiger partial charge in [0.05, 0.1) is 13.0 Å². The fourth-order valence-electron chi connectivity index (χ4n) is 3.39. The first-order chi connectivity index (χ1) is 12.2. The Kier molecular flexibility index (Phi) is 15.1. The molecule has 0 aromatic rings. The first-order valence-electron chi connectivity index (χ1n) is 10.9. The lowest BCUT2D eigenvalue weighted by Gasteiger charge is -2.15. The van der Waals surface area contributed by atoms with Crippen LogP contribution in [0.15, 0.2) is 11.6 Å². The van der Waals surface area contributed by atoms with Gasteiger partial charge in [0.15, 0.2) is 5.78 Å². The molecule has 0 saturated heterocycles. The van der Waals surface area contributed by atoms with Gasteiger partial charge < -0.3 is 4.90 Å². The zero-order valence-electron chi connectivity index (χ0n) is 18.8. The number of rotatable bonds is 16. The Morgan fingerprint density at radius 1 is 0.846 bits per heavy atom. The van der Waals surface area contributed by atoms with Crippen molar-refractivity contribution in [3.63, 3.8) is 0 Å². The van der Waals surface area contributed by atoms with Gasteiger partial charge >= 0.3 is 0 Å². The van der Waals surface area contributed by atoms with Crippen LogP contribution >= 0.6 is 0 Å². The molecule has 0 bridgehead atoms. The number of Topliss-reactive ketones (excluding diaryl/α,β-unsaturated/α-hetero) is 1. The highest BCUT2D eigenvalue weighted by molar-refractivity contribution is 5.90. The summed E-state index contributed by atoms with van der Waals surface area (Å²) in [5, 5.41) is 0. The predicted molar refractivity (Wildman–Crippen MR) is 116 cm³/mol. The van der Waals surface area contributed by atoms with E-state index in [1.165, 1.54) is 56.9 Å². The summed E-state index contributed by atoms with van der Waals surface area (Å²) >= 11 is 0. The average Bonchev–Trinajstić information content (AvgIpc) is 2.52. The molecule has 0 spiro atoms. The molecule has 0 aliphatic carbocycles. The lowest BCUT2D eigenvalue weighted by molar-refractivity contribution is -0.116. The molecule has 0 aliphatic heterocycles. The minimum absolute atomic E-state index is 0.185. The number of hydrogen-bond donors (Lipinski definition) is 0. The van der Waals surface area contributed by atoms with Gasteiger partial charge in [-0.2, -0.15) is 0 Å². The van der Waals surface area contributed by atoms with Gasteiger partial charge in [-0.25, -0.2) is 0 Å². The van der Waals surface area contributed by atoms with E-state index in [9.17, 15) is 4.79 Å². The second-order valence-electron chi connectivity index (χ2n) is 9.24. The normalized spacial score (nSPS) is 14.9. The second-order valence-corrected chi connectivity index (χ2v) is 9.24. The van der Waals surface area contributed by atoms with E-state index in [0.29, 0.717) is 6.54 Å². The number of nitrogens with zero attached hydrogens (tertiary/aromatic N) is 1. The zero-order chi connectivity index (χ0) is 19.9. The maximum absolute atomic E-state index is 11.7. The van der Waals surface area contributed by atoms with Crippen molar-refractivity contribution in [1.82, 2.24) is 4.90 Å². The fraction of sp³-hybridized carbons (Fsp3) is 0.833. The van der Waals surface area contributed by atoms with Gasteiger partial charge in [-0.15, -0.1) is 0 Å². The van der Waals surface area contributed by atoms with E-state index in [4.69, 9.17) is 0 Å². The van der Waals surface area contributed by atoms with Crippen LogP contribution in [-0.2, 0) is 4.79 Å². The molecule has 153 valence electrons. The number of ketones is 1. The van der Waals surface area contributed by atoms with Crippen molar-refractivity contribution in [2.75, 3.05) is 20.6 Å². The Labute approximate surface area is 164 Å². The second kappa shape index (κ2) is 15.4. The molecule has 0 saturated carbocycles. The van der Waals surface area contributed by atoms with Crippen molar-refractivity contribution in [1.29, 1.82) is 0 Å². The highest BCUT2D eigenvalue weighted by Gasteiger charge is 2.07. The molecule has 2 heteroatoms. The van der Waals surface area contributed by atoms with E-state index in [0.717, 1.165) is 24.2 Å². The topological polar surface area (TPSA) is 20.3 Å². The quantitative estimate of drug-likeness (QED) is 0.303. The molecule has 2 atom stereocenters. The number of likely N-dealkylation sites (N-methyl/N-ethyl adjacent to an activating group) is 1. The molecule has 0 heterocycles. The van der Waals surface area contributed by atoms with Gasteiger partial charge in [0.2, 0.25) is 0 Å². The monoisotopic (exact) mass is 364 g/mol. The Morgan fingerprint density at radius 3 is 1.85 bits per heavy atom. The van der Waals surface area contributed by atoms with E-state index >= 15 is 0 Å². The van der Waals surface area contributed by atoms with Crippen LogP contribution in [0.25, 0.3) is 0 Å². The van der Waals surface area contributed by atoms with Crippen LogP contribution < -0.4 is 0 Å². The lowest BCUT2D eigenvalue weighted by Crippen LogP contribution is -2.21. The van der Waals surface area contributed by atoms with Crippen molar-refractivity contribution in [2.24, 2.45) is 17.8 Å². The largest absolute Gasteiger partial charge is 0.302 e. The van der Waals surface area contributed by atoms with Gasteiger partial charge in [-0.3, -0.25) is 4.79 Å². The number of carbonyl (C=O) groups excluding carboxylic acids is 1. The van der Waals surface area contributed by atoms with Crippen LogP contribution in [0.1, 0.15) is 92.4 Å². The molecule has 2 nitrogen and oxygen atoms in total. The van der Waals surface area contributed by atoms with Gasteiger partial charge in [0.1, 0.15) is 0 Å². The highest BCUT2D eigenvalue weighted by atomic mass is 16.1. The molecule has 2 unspecified atom stereocenters. The van der Waals surface area contributed by atoms with Crippen molar-refractivity contribution >= 4 is 5.78 Å². The van der Waals surface area contributed by atoms with E-state index in [2.05, 4.69) is 34.6 Å². The van der Waals surface area contributed by atoms with Gasteiger partial charge in [0, 0.05) is 0 Å². The minimum Gasteiger partial charge on any atom is -0.302 e. The molecule has 0 amide bonds. The van der Waals surface area contributed by atoms with E-state index in [1.54, 1.807) is 6.42 Å². The molecule has 26 heavy (non-hydrogen) atoms. The maximum atomic E-state index is 11.7. The summed E-state index contributed by atoms with van der Waals surface area (Å²) in [4.78, 5) is 13.6. The minimum atomic E-state index is 0.185. The molecule has 0 aromatic heterocycles. The Bertz CT molecular complexity index is 384. The lowest BCUT2D eigenvalue weighted by atomic mass is 9.91.